The number of nitrogens with zero attached hydrogens (tertiary/aromatic N) is 3. The van der Waals surface area contributed by atoms with Gasteiger partial charge in [-0.1, -0.05) is 31.2 Å². The van der Waals surface area contributed by atoms with E-state index in [2.05, 4.69) is 44.5 Å². The van der Waals surface area contributed by atoms with Gasteiger partial charge in [-0.15, -0.1) is 0 Å². The predicted molar refractivity (Wildman–Crippen MR) is 85.9 cm³/mol. The Hall–Kier alpha value is -2.43. The number of anilines is 1. The molecule has 0 fully saturated rings. The van der Waals surface area contributed by atoms with Gasteiger partial charge in [0, 0.05) is 32.0 Å². The highest BCUT2D eigenvalue weighted by atomic mass is 16.1. The van der Waals surface area contributed by atoms with Crippen molar-refractivity contribution in [3.63, 3.8) is 0 Å². The molecule has 0 unspecified atom stereocenters. The topological polar surface area (TPSA) is 58.1 Å². The minimum Gasteiger partial charge on any atom is -0.352 e. The number of rotatable bonds is 4. The molecule has 0 radical (unpaired) electrons. The van der Waals surface area contributed by atoms with Gasteiger partial charge in [0.05, 0.1) is 5.56 Å². The molecule has 0 saturated carbocycles. The van der Waals surface area contributed by atoms with Crippen molar-refractivity contribution in [3.05, 3.63) is 53.3 Å². The summed E-state index contributed by atoms with van der Waals surface area (Å²) in [5, 5.41) is 2.83. The van der Waals surface area contributed by atoms with Gasteiger partial charge in [-0.25, -0.2) is 9.97 Å². The smallest absolute Gasteiger partial charge is 0.254 e. The first-order valence-corrected chi connectivity index (χ1v) is 7.70. The molecule has 0 atom stereocenters. The monoisotopic (exact) mass is 296 g/mol. The molecule has 1 aliphatic rings. The highest BCUT2D eigenvalue weighted by Crippen LogP contribution is 2.21. The summed E-state index contributed by atoms with van der Waals surface area (Å²) in [6.45, 7) is 4.41. The Labute approximate surface area is 130 Å². The highest BCUT2D eigenvalue weighted by molar-refractivity contribution is 5.93. The van der Waals surface area contributed by atoms with Crippen molar-refractivity contribution in [2.75, 3.05) is 18.0 Å². The van der Waals surface area contributed by atoms with Crippen LogP contribution >= 0.6 is 0 Å². The van der Waals surface area contributed by atoms with Crippen LogP contribution in [0.5, 0.6) is 0 Å². The Bertz CT molecular complexity index is 654. The number of fused-ring (bicyclic) bond motifs is 1. The zero-order chi connectivity index (χ0) is 15.4. The van der Waals surface area contributed by atoms with Crippen LogP contribution in [0.1, 0.15) is 34.8 Å². The molecule has 2 aromatic rings. The van der Waals surface area contributed by atoms with Gasteiger partial charge >= 0.3 is 0 Å². The van der Waals surface area contributed by atoms with Crippen LogP contribution < -0.4 is 10.2 Å². The van der Waals surface area contributed by atoms with E-state index in [0.717, 1.165) is 25.9 Å². The summed E-state index contributed by atoms with van der Waals surface area (Å²) in [5.41, 5.74) is 3.23. The van der Waals surface area contributed by atoms with Crippen LogP contribution in [0.4, 0.5) is 5.95 Å². The molecule has 114 valence electrons. The summed E-state index contributed by atoms with van der Waals surface area (Å²) in [4.78, 5) is 22.7. The van der Waals surface area contributed by atoms with Gasteiger partial charge < -0.3 is 10.2 Å². The minimum atomic E-state index is -0.114. The lowest BCUT2D eigenvalue weighted by atomic mass is 10.0. The summed E-state index contributed by atoms with van der Waals surface area (Å²) in [6.07, 6.45) is 5.12. The van der Waals surface area contributed by atoms with E-state index in [-0.39, 0.29) is 5.91 Å². The van der Waals surface area contributed by atoms with Crippen molar-refractivity contribution >= 4 is 11.9 Å². The van der Waals surface area contributed by atoms with E-state index in [4.69, 9.17) is 0 Å². The fourth-order valence-corrected chi connectivity index (χ4v) is 2.61. The third-order valence-electron chi connectivity index (χ3n) is 3.85. The molecule has 1 aromatic carbocycles. The van der Waals surface area contributed by atoms with Crippen LogP contribution in [0.15, 0.2) is 36.7 Å². The number of hydrogen-bond acceptors (Lipinski definition) is 4. The number of benzene rings is 1. The summed E-state index contributed by atoms with van der Waals surface area (Å²) in [5.74, 6) is 0.568. The Kier molecular flexibility index (Phi) is 4.32. The number of carbonyl (C=O) groups excluding carboxylic acids is 1. The zero-order valence-corrected chi connectivity index (χ0v) is 12.7. The Morgan fingerprint density at radius 1 is 1.23 bits per heavy atom. The van der Waals surface area contributed by atoms with E-state index in [9.17, 15) is 4.79 Å². The molecule has 0 bridgehead atoms. The largest absolute Gasteiger partial charge is 0.352 e. The van der Waals surface area contributed by atoms with Crippen LogP contribution in [0, 0.1) is 0 Å². The first-order chi connectivity index (χ1) is 10.8. The van der Waals surface area contributed by atoms with Gasteiger partial charge in [0.2, 0.25) is 5.95 Å². The van der Waals surface area contributed by atoms with Crippen LogP contribution in [-0.2, 0) is 13.0 Å². The molecule has 0 spiro atoms. The molecule has 5 heteroatoms. The van der Waals surface area contributed by atoms with Crippen molar-refractivity contribution in [1.82, 2.24) is 15.3 Å². The first-order valence-electron chi connectivity index (χ1n) is 7.70. The maximum Gasteiger partial charge on any atom is 0.254 e. The van der Waals surface area contributed by atoms with Gasteiger partial charge in [-0.05, 0) is 24.0 Å². The normalized spacial score (nSPS) is 13.6. The van der Waals surface area contributed by atoms with Crippen LogP contribution in [-0.4, -0.2) is 29.0 Å². The third-order valence-corrected chi connectivity index (χ3v) is 3.85. The number of carbonyl (C=O) groups is 1. The number of hydrogen-bond donors (Lipinski definition) is 1. The third kappa shape index (κ3) is 3.08. The summed E-state index contributed by atoms with van der Waals surface area (Å²) >= 11 is 0. The standard InChI is InChI=1S/C17H20N4O/c1-2-8-18-16(22)15-10-19-17(20-11-15)21-9-7-13-5-3-4-6-14(13)12-21/h3-6,10-11H,2,7-9,12H2,1H3,(H,18,22). The maximum absolute atomic E-state index is 11.9. The zero-order valence-electron chi connectivity index (χ0n) is 12.7. The quantitative estimate of drug-likeness (QED) is 0.939. The molecule has 1 amide bonds. The molecular formula is C17H20N4O. The van der Waals surface area contributed by atoms with Crippen molar-refractivity contribution in [2.45, 2.75) is 26.3 Å². The molecule has 1 aliphatic heterocycles. The average molecular weight is 296 g/mol. The SMILES string of the molecule is CCCNC(=O)c1cnc(N2CCc3ccccc3C2)nc1. The molecule has 0 aliphatic carbocycles. The van der Waals surface area contributed by atoms with E-state index in [1.165, 1.54) is 11.1 Å². The Morgan fingerprint density at radius 2 is 1.95 bits per heavy atom. The molecule has 3 rings (SSSR count). The Morgan fingerprint density at radius 3 is 2.68 bits per heavy atom. The number of nitrogens with one attached hydrogen (secondary N) is 1. The van der Waals surface area contributed by atoms with Gasteiger partial charge in [0.1, 0.15) is 0 Å². The number of amides is 1. The molecule has 5 nitrogen and oxygen atoms in total. The first kappa shape index (κ1) is 14.5. The van der Waals surface area contributed by atoms with Crippen molar-refractivity contribution < 1.29 is 4.79 Å². The Balaban J connectivity index is 1.70. The predicted octanol–water partition coefficient (Wildman–Crippen LogP) is 2.18. The van der Waals surface area contributed by atoms with E-state index in [1.54, 1.807) is 12.4 Å². The lowest BCUT2D eigenvalue weighted by molar-refractivity contribution is 0.0953. The summed E-state index contributed by atoms with van der Waals surface area (Å²) in [7, 11) is 0. The fourth-order valence-electron chi connectivity index (χ4n) is 2.61. The van der Waals surface area contributed by atoms with E-state index in [0.29, 0.717) is 18.1 Å². The molecule has 1 aromatic heterocycles. The van der Waals surface area contributed by atoms with E-state index in [1.807, 2.05) is 6.92 Å². The molecule has 0 saturated heterocycles. The molecule has 22 heavy (non-hydrogen) atoms. The average Bonchev–Trinajstić information content (AvgIpc) is 2.59. The van der Waals surface area contributed by atoms with Gasteiger partial charge in [-0.3, -0.25) is 4.79 Å². The second-order valence-electron chi connectivity index (χ2n) is 5.47. The number of aromatic nitrogens is 2. The van der Waals surface area contributed by atoms with Crippen LogP contribution in [0.3, 0.4) is 0 Å². The van der Waals surface area contributed by atoms with Crippen molar-refractivity contribution in [1.29, 1.82) is 0 Å². The second-order valence-corrected chi connectivity index (χ2v) is 5.47. The maximum atomic E-state index is 11.9. The highest BCUT2D eigenvalue weighted by Gasteiger charge is 2.18. The van der Waals surface area contributed by atoms with Crippen molar-refractivity contribution in [2.24, 2.45) is 0 Å². The minimum absolute atomic E-state index is 0.114. The lowest BCUT2D eigenvalue weighted by Crippen LogP contribution is -2.32. The van der Waals surface area contributed by atoms with Gasteiger partial charge in [-0.2, -0.15) is 0 Å². The van der Waals surface area contributed by atoms with E-state index >= 15 is 0 Å². The lowest BCUT2D eigenvalue weighted by Gasteiger charge is -2.28. The van der Waals surface area contributed by atoms with Crippen LogP contribution in [0.2, 0.25) is 0 Å². The molecule has 1 N–H and O–H groups in total. The van der Waals surface area contributed by atoms with Crippen LogP contribution in [0.25, 0.3) is 0 Å². The summed E-state index contributed by atoms with van der Waals surface area (Å²) < 4.78 is 0. The van der Waals surface area contributed by atoms with E-state index < -0.39 is 0 Å². The molecular weight excluding hydrogens is 276 g/mol. The van der Waals surface area contributed by atoms with Crippen molar-refractivity contribution in [3.8, 4) is 0 Å². The fraction of sp³-hybridized carbons (Fsp3) is 0.353. The van der Waals surface area contributed by atoms with Gasteiger partial charge in [0.15, 0.2) is 0 Å². The van der Waals surface area contributed by atoms with Gasteiger partial charge in [0.25, 0.3) is 5.91 Å². The second kappa shape index (κ2) is 6.56. The molecule has 2 heterocycles. The summed E-state index contributed by atoms with van der Waals surface area (Å²) in [6, 6.07) is 8.46.